The minimum absolute atomic E-state index is 0.0538. The van der Waals surface area contributed by atoms with E-state index in [-0.39, 0.29) is 17.2 Å². The average molecular weight is 318 g/mol. The Labute approximate surface area is 141 Å². The summed E-state index contributed by atoms with van der Waals surface area (Å²) < 4.78 is 0. The molecule has 0 heterocycles. The van der Waals surface area contributed by atoms with Gasteiger partial charge in [0.1, 0.15) is 17.4 Å². The lowest BCUT2D eigenvalue weighted by Crippen LogP contribution is -2.26. The molecular weight excluding hydrogens is 300 g/mol. The lowest BCUT2D eigenvalue weighted by molar-refractivity contribution is -0.117. The van der Waals surface area contributed by atoms with Crippen LogP contribution in [0.5, 0.6) is 5.75 Å². The standard InChI is InChI=1S/C20H18N2O2/c21-15-18(8-4-7-17-9-11-19(23)12-10-17)20(24)22-14-13-16-5-2-1-3-6-16/h1-12,23H,13-14H2,(H,22,24). The van der Waals surface area contributed by atoms with Gasteiger partial charge in [-0.1, -0.05) is 54.6 Å². The third-order valence-corrected chi connectivity index (χ3v) is 3.35. The molecule has 2 aromatic carbocycles. The number of nitriles is 1. The van der Waals surface area contributed by atoms with Crippen LogP contribution in [0.2, 0.25) is 0 Å². The summed E-state index contributed by atoms with van der Waals surface area (Å²) >= 11 is 0. The van der Waals surface area contributed by atoms with E-state index in [0.717, 1.165) is 11.1 Å². The molecule has 24 heavy (non-hydrogen) atoms. The quantitative estimate of drug-likeness (QED) is 0.488. The first-order chi connectivity index (χ1) is 11.7. The average Bonchev–Trinajstić information content (AvgIpc) is 2.61. The van der Waals surface area contributed by atoms with Gasteiger partial charge in [0.25, 0.3) is 5.91 Å². The zero-order valence-electron chi connectivity index (χ0n) is 13.1. The molecule has 0 aliphatic rings. The topological polar surface area (TPSA) is 73.1 Å². The summed E-state index contributed by atoms with van der Waals surface area (Å²) in [6.07, 6.45) is 5.59. The van der Waals surface area contributed by atoms with E-state index in [9.17, 15) is 9.90 Å². The Hall–Kier alpha value is -3.32. The number of phenolic OH excluding ortho intramolecular Hbond substituents is 1. The second-order valence-corrected chi connectivity index (χ2v) is 5.13. The third-order valence-electron chi connectivity index (χ3n) is 3.35. The Morgan fingerprint density at radius 3 is 2.50 bits per heavy atom. The Morgan fingerprint density at radius 1 is 1.12 bits per heavy atom. The van der Waals surface area contributed by atoms with Gasteiger partial charge in [0, 0.05) is 6.54 Å². The van der Waals surface area contributed by atoms with Crippen molar-refractivity contribution in [2.24, 2.45) is 0 Å². The first-order valence-corrected chi connectivity index (χ1v) is 7.58. The molecule has 120 valence electrons. The van der Waals surface area contributed by atoms with Gasteiger partial charge in [0.2, 0.25) is 0 Å². The Morgan fingerprint density at radius 2 is 1.83 bits per heavy atom. The SMILES string of the molecule is N#CC(=CC=Cc1ccc(O)cc1)C(=O)NCCc1ccccc1. The Bertz CT molecular complexity index is 770. The molecule has 0 saturated heterocycles. The number of aromatic hydroxyl groups is 1. The van der Waals surface area contributed by atoms with Crippen molar-refractivity contribution in [1.82, 2.24) is 5.32 Å². The summed E-state index contributed by atoms with van der Waals surface area (Å²) in [7, 11) is 0. The van der Waals surface area contributed by atoms with E-state index in [1.54, 1.807) is 36.4 Å². The van der Waals surface area contributed by atoms with Gasteiger partial charge in [-0.05, 0) is 35.8 Å². The summed E-state index contributed by atoms with van der Waals surface area (Å²) in [5.41, 5.74) is 2.05. The van der Waals surface area contributed by atoms with Crippen molar-refractivity contribution < 1.29 is 9.90 Å². The van der Waals surface area contributed by atoms with E-state index in [4.69, 9.17) is 5.26 Å². The van der Waals surface area contributed by atoms with E-state index in [2.05, 4.69) is 5.32 Å². The highest BCUT2D eigenvalue weighted by molar-refractivity contribution is 5.97. The predicted octanol–water partition coefficient (Wildman–Crippen LogP) is 3.21. The summed E-state index contributed by atoms with van der Waals surface area (Å²) in [6, 6.07) is 18.4. The summed E-state index contributed by atoms with van der Waals surface area (Å²) in [6.45, 7) is 0.476. The van der Waals surface area contributed by atoms with E-state index < -0.39 is 0 Å². The van der Waals surface area contributed by atoms with Crippen LogP contribution in [0.4, 0.5) is 0 Å². The Balaban J connectivity index is 1.88. The molecule has 2 N–H and O–H groups in total. The molecule has 1 amide bonds. The molecule has 0 saturated carbocycles. The molecule has 4 nitrogen and oxygen atoms in total. The molecule has 0 aromatic heterocycles. The highest BCUT2D eigenvalue weighted by Crippen LogP contribution is 2.11. The van der Waals surface area contributed by atoms with Gasteiger partial charge >= 0.3 is 0 Å². The van der Waals surface area contributed by atoms with Crippen molar-refractivity contribution in [3.8, 4) is 11.8 Å². The number of rotatable bonds is 6. The van der Waals surface area contributed by atoms with Crippen molar-refractivity contribution >= 4 is 12.0 Å². The van der Waals surface area contributed by atoms with Crippen molar-refractivity contribution in [2.75, 3.05) is 6.54 Å². The lowest BCUT2D eigenvalue weighted by Gasteiger charge is -2.04. The monoisotopic (exact) mass is 318 g/mol. The molecular formula is C20H18N2O2. The first kappa shape index (κ1) is 17.0. The van der Waals surface area contributed by atoms with Crippen molar-refractivity contribution in [1.29, 1.82) is 5.26 Å². The van der Waals surface area contributed by atoms with Gasteiger partial charge in [-0.25, -0.2) is 0 Å². The minimum atomic E-state index is -0.385. The lowest BCUT2D eigenvalue weighted by atomic mass is 10.1. The van der Waals surface area contributed by atoms with Crippen LogP contribution in [0.3, 0.4) is 0 Å². The molecule has 0 aliphatic carbocycles. The number of hydrogen-bond donors (Lipinski definition) is 2. The number of amides is 1. The van der Waals surface area contributed by atoms with Crippen LogP contribution >= 0.6 is 0 Å². The van der Waals surface area contributed by atoms with E-state index >= 15 is 0 Å². The van der Waals surface area contributed by atoms with Crippen LogP contribution in [0, 0.1) is 11.3 Å². The van der Waals surface area contributed by atoms with E-state index in [1.165, 1.54) is 6.08 Å². The molecule has 0 aliphatic heterocycles. The number of benzene rings is 2. The maximum atomic E-state index is 12.0. The number of hydrogen-bond acceptors (Lipinski definition) is 3. The number of carbonyl (C=O) groups excluding carboxylic acids is 1. The third kappa shape index (κ3) is 5.47. The summed E-state index contributed by atoms with van der Waals surface area (Å²) in [5, 5.41) is 21.1. The molecule has 0 radical (unpaired) electrons. The van der Waals surface area contributed by atoms with Crippen LogP contribution in [-0.2, 0) is 11.2 Å². The van der Waals surface area contributed by atoms with Crippen LogP contribution in [0.25, 0.3) is 6.08 Å². The highest BCUT2D eigenvalue weighted by atomic mass is 16.3. The smallest absolute Gasteiger partial charge is 0.261 e. The predicted molar refractivity (Wildman–Crippen MR) is 94.0 cm³/mol. The largest absolute Gasteiger partial charge is 0.508 e. The normalized spacial score (nSPS) is 11.2. The molecule has 2 aromatic rings. The number of phenols is 1. The fourth-order valence-corrected chi connectivity index (χ4v) is 2.06. The van der Waals surface area contributed by atoms with Gasteiger partial charge in [0.15, 0.2) is 0 Å². The molecule has 0 atom stereocenters. The van der Waals surface area contributed by atoms with Gasteiger partial charge in [0.05, 0.1) is 0 Å². The molecule has 0 fully saturated rings. The van der Waals surface area contributed by atoms with Crippen LogP contribution in [0.15, 0.2) is 72.3 Å². The van der Waals surface area contributed by atoms with Crippen molar-refractivity contribution in [3.63, 3.8) is 0 Å². The molecule has 4 heteroatoms. The van der Waals surface area contributed by atoms with E-state index in [1.807, 2.05) is 36.4 Å². The minimum Gasteiger partial charge on any atom is -0.508 e. The zero-order chi connectivity index (χ0) is 17.2. The fraction of sp³-hybridized carbons (Fsp3) is 0.100. The molecule has 0 spiro atoms. The summed E-state index contributed by atoms with van der Waals surface area (Å²) in [5.74, 6) is -0.193. The first-order valence-electron chi connectivity index (χ1n) is 7.58. The van der Waals surface area contributed by atoms with Gasteiger partial charge in [-0.3, -0.25) is 4.79 Å². The molecule has 0 unspecified atom stereocenters. The zero-order valence-corrected chi connectivity index (χ0v) is 13.1. The van der Waals surface area contributed by atoms with E-state index in [0.29, 0.717) is 13.0 Å². The fourth-order valence-electron chi connectivity index (χ4n) is 2.06. The molecule has 2 rings (SSSR count). The van der Waals surface area contributed by atoms with Crippen molar-refractivity contribution in [2.45, 2.75) is 6.42 Å². The van der Waals surface area contributed by atoms with Gasteiger partial charge in [-0.2, -0.15) is 5.26 Å². The number of allylic oxidation sites excluding steroid dienone is 2. The van der Waals surface area contributed by atoms with Crippen molar-refractivity contribution in [3.05, 3.63) is 83.4 Å². The van der Waals surface area contributed by atoms with Crippen LogP contribution in [0.1, 0.15) is 11.1 Å². The second-order valence-electron chi connectivity index (χ2n) is 5.13. The maximum Gasteiger partial charge on any atom is 0.261 e. The number of nitrogens with one attached hydrogen (secondary N) is 1. The second kappa shape index (κ2) is 8.96. The Kier molecular flexibility index (Phi) is 6.36. The van der Waals surface area contributed by atoms with Crippen LogP contribution < -0.4 is 5.32 Å². The van der Waals surface area contributed by atoms with Crippen LogP contribution in [-0.4, -0.2) is 17.6 Å². The maximum absolute atomic E-state index is 12.0. The van der Waals surface area contributed by atoms with Gasteiger partial charge < -0.3 is 10.4 Å². The number of carbonyl (C=O) groups is 1. The summed E-state index contributed by atoms with van der Waals surface area (Å²) in [4.78, 5) is 12.0. The van der Waals surface area contributed by atoms with Gasteiger partial charge in [-0.15, -0.1) is 0 Å². The molecule has 0 bridgehead atoms. The highest BCUT2D eigenvalue weighted by Gasteiger charge is 2.06. The number of nitrogens with zero attached hydrogens (tertiary/aromatic N) is 1.